The lowest BCUT2D eigenvalue weighted by atomic mass is 10.2. The molecule has 0 saturated carbocycles. The highest BCUT2D eigenvalue weighted by Crippen LogP contribution is 2.34. The maximum Gasteiger partial charge on any atom is 0.151 e. The molecule has 1 nitrogen and oxygen atoms in total. The van der Waals surface area contributed by atoms with Crippen molar-refractivity contribution in [1.29, 1.82) is 0 Å². The molecule has 0 fully saturated rings. The second kappa shape index (κ2) is 5.82. The lowest BCUT2D eigenvalue weighted by Gasteiger charge is -2.08. The number of benzene rings is 2. The third kappa shape index (κ3) is 2.91. The maximum atomic E-state index is 14.0. The van der Waals surface area contributed by atoms with Gasteiger partial charge in [0.25, 0.3) is 0 Å². The van der Waals surface area contributed by atoms with Crippen LogP contribution in [-0.4, -0.2) is 0 Å². The molecule has 2 aromatic rings. The second-order valence-corrected chi connectivity index (χ2v) is 5.52. The van der Waals surface area contributed by atoms with Gasteiger partial charge in [-0.2, -0.15) is 0 Å². The Morgan fingerprint density at radius 1 is 1.17 bits per heavy atom. The Morgan fingerprint density at radius 2 is 1.94 bits per heavy atom. The van der Waals surface area contributed by atoms with Crippen molar-refractivity contribution in [2.75, 3.05) is 0 Å². The van der Waals surface area contributed by atoms with Crippen LogP contribution in [-0.2, 0) is 6.54 Å². The van der Waals surface area contributed by atoms with Crippen molar-refractivity contribution in [2.45, 2.75) is 16.3 Å². The molecule has 0 unspecified atom stereocenters. The van der Waals surface area contributed by atoms with Crippen LogP contribution in [0.4, 0.5) is 8.78 Å². The third-order valence-corrected chi connectivity index (χ3v) is 4.25. The van der Waals surface area contributed by atoms with Gasteiger partial charge in [-0.15, -0.1) is 0 Å². The Bertz CT molecular complexity index is 575. The lowest BCUT2D eigenvalue weighted by Crippen LogP contribution is -1.99. The van der Waals surface area contributed by atoms with Crippen molar-refractivity contribution in [2.24, 2.45) is 5.73 Å². The predicted molar refractivity (Wildman–Crippen MR) is 72.5 cm³/mol. The smallest absolute Gasteiger partial charge is 0.151 e. The van der Waals surface area contributed by atoms with E-state index in [4.69, 9.17) is 5.73 Å². The normalized spacial score (nSPS) is 10.7. The zero-order valence-corrected chi connectivity index (χ0v) is 11.7. The van der Waals surface area contributed by atoms with Crippen molar-refractivity contribution < 1.29 is 8.78 Å². The van der Waals surface area contributed by atoms with Gasteiger partial charge in [-0.3, -0.25) is 0 Å². The number of nitrogens with two attached hydrogens (primary N) is 1. The maximum absolute atomic E-state index is 14.0. The average Bonchev–Trinajstić information content (AvgIpc) is 2.35. The van der Waals surface area contributed by atoms with Gasteiger partial charge in [-0.05, 0) is 45.8 Å². The van der Waals surface area contributed by atoms with Crippen molar-refractivity contribution >= 4 is 27.7 Å². The Labute approximate surface area is 117 Å². The molecule has 0 amide bonds. The molecule has 2 aromatic carbocycles. The van der Waals surface area contributed by atoms with E-state index in [9.17, 15) is 8.78 Å². The zero-order valence-electron chi connectivity index (χ0n) is 9.29. The van der Waals surface area contributed by atoms with Gasteiger partial charge >= 0.3 is 0 Å². The van der Waals surface area contributed by atoms with E-state index in [0.29, 0.717) is 19.8 Å². The van der Waals surface area contributed by atoms with Gasteiger partial charge in [0.1, 0.15) is 5.82 Å². The molecule has 0 aliphatic heterocycles. The van der Waals surface area contributed by atoms with E-state index < -0.39 is 0 Å². The van der Waals surface area contributed by atoms with E-state index in [2.05, 4.69) is 15.9 Å². The van der Waals surface area contributed by atoms with E-state index in [1.165, 1.54) is 23.9 Å². The molecule has 94 valence electrons. The summed E-state index contributed by atoms with van der Waals surface area (Å²) in [5, 5.41) is 0. The third-order valence-electron chi connectivity index (χ3n) is 2.37. The molecule has 18 heavy (non-hydrogen) atoms. The van der Waals surface area contributed by atoms with E-state index in [-0.39, 0.29) is 18.2 Å². The van der Waals surface area contributed by atoms with Crippen molar-refractivity contribution in [1.82, 2.24) is 0 Å². The van der Waals surface area contributed by atoms with Crippen LogP contribution in [0.2, 0.25) is 0 Å². The Hall–Kier alpha value is -0.910. The van der Waals surface area contributed by atoms with Crippen molar-refractivity contribution in [3.63, 3.8) is 0 Å². The van der Waals surface area contributed by atoms with E-state index in [1.807, 2.05) is 0 Å². The highest BCUT2D eigenvalue weighted by Gasteiger charge is 2.11. The van der Waals surface area contributed by atoms with E-state index in [0.717, 1.165) is 0 Å². The Morgan fingerprint density at radius 3 is 2.61 bits per heavy atom. The number of rotatable bonds is 3. The highest BCUT2D eigenvalue weighted by atomic mass is 79.9. The monoisotopic (exact) mass is 329 g/mol. The van der Waals surface area contributed by atoms with Gasteiger partial charge in [0.2, 0.25) is 0 Å². The molecule has 0 atom stereocenters. The second-order valence-electron chi connectivity index (χ2n) is 3.61. The first-order valence-corrected chi connectivity index (χ1v) is 6.83. The van der Waals surface area contributed by atoms with Gasteiger partial charge in [-0.1, -0.05) is 23.9 Å². The summed E-state index contributed by atoms with van der Waals surface area (Å²) >= 11 is 4.35. The van der Waals surface area contributed by atoms with Crippen LogP contribution in [0, 0.1) is 11.6 Å². The summed E-state index contributed by atoms with van der Waals surface area (Å²) in [4.78, 5) is 1.09. The standard InChI is InChI=1S/C13H10BrF2NS/c14-12-8(7-17)4-5-11(13(12)16)18-10-3-1-2-9(15)6-10/h1-6H,7,17H2. The summed E-state index contributed by atoms with van der Waals surface area (Å²) in [5.74, 6) is -0.703. The molecule has 0 heterocycles. The molecular formula is C13H10BrF2NS. The zero-order chi connectivity index (χ0) is 13.1. The number of hydrogen-bond donors (Lipinski definition) is 1. The summed E-state index contributed by atoms with van der Waals surface area (Å²) in [6.45, 7) is 0.266. The van der Waals surface area contributed by atoms with E-state index >= 15 is 0 Å². The first-order chi connectivity index (χ1) is 8.61. The van der Waals surface area contributed by atoms with Crippen LogP contribution in [0.25, 0.3) is 0 Å². The van der Waals surface area contributed by atoms with Crippen LogP contribution < -0.4 is 5.73 Å². The van der Waals surface area contributed by atoms with Gasteiger partial charge in [0.05, 0.1) is 4.47 Å². The van der Waals surface area contributed by atoms with Crippen molar-refractivity contribution in [3.05, 3.63) is 58.1 Å². The summed E-state index contributed by atoms with van der Waals surface area (Å²) in [5.41, 5.74) is 6.19. The molecule has 0 spiro atoms. The molecule has 0 aliphatic rings. The van der Waals surface area contributed by atoms with Gasteiger partial charge in [-0.25, -0.2) is 8.78 Å². The van der Waals surface area contributed by atoms with Gasteiger partial charge in [0.15, 0.2) is 5.82 Å². The van der Waals surface area contributed by atoms with Crippen LogP contribution in [0.5, 0.6) is 0 Å². The molecule has 5 heteroatoms. The topological polar surface area (TPSA) is 26.0 Å². The summed E-state index contributed by atoms with van der Waals surface area (Å²) in [6, 6.07) is 9.46. The fourth-order valence-corrected chi connectivity index (χ4v) is 3.00. The minimum atomic E-state index is -0.368. The van der Waals surface area contributed by atoms with Crippen molar-refractivity contribution in [3.8, 4) is 0 Å². The number of hydrogen-bond acceptors (Lipinski definition) is 2. The largest absolute Gasteiger partial charge is 0.326 e. The van der Waals surface area contributed by atoms with Crippen LogP contribution >= 0.6 is 27.7 Å². The molecule has 0 bridgehead atoms. The highest BCUT2D eigenvalue weighted by molar-refractivity contribution is 9.10. The lowest BCUT2D eigenvalue weighted by molar-refractivity contribution is 0.592. The first-order valence-electron chi connectivity index (χ1n) is 5.22. The van der Waals surface area contributed by atoms with Gasteiger partial charge < -0.3 is 5.73 Å². The molecule has 0 aliphatic carbocycles. The molecule has 0 radical (unpaired) electrons. The molecule has 0 saturated heterocycles. The Balaban J connectivity index is 2.33. The van der Waals surface area contributed by atoms with Crippen LogP contribution in [0.1, 0.15) is 5.56 Å². The SMILES string of the molecule is NCc1ccc(Sc2cccc(F)c2)c(F)c1Br. The number of halogens is 3. The van der Waals surface area contributed by atoms with Crippen LogP contribution in [0.3, 0.4) is 0 Å². The molecular weight excluding hydrogens is 320 g/mol. The summed E-state index contributed by atoms with van der Waals surface area (Å²) in [7, 11) is 0. The fraction of sp³-hybridized carbons (Fsp3) is 0.0769. The quantitative estimate of drug-likeness (QED) is 0.906. The molecule has 2 rings (SSSR count). The first kappa shape index (κ1) is 13.5. The average molecular weight is 330 g/mol. The predicted octanol–water partition coefficient (Wildman–Crippen LogP) is 4.34. The molecule has 0 aromatic heterocycles. The van der Waals surface area contributed by atoms with E-state index in [1.54, 1.807) is 24.3 Å². The van der Waals surface area contributed by atoms with Crippen LogP contribution in [0.15, 0.2) is 50.7 Å². The van der Waals surface area contributed by atoms with Gasteiger partial charge in [0, 0.05) is 16.3 Å². The minimum Gasteiger partial charge on any atom is -0.326 e. The molecule has 2 N–H and O–H groups in total. The summed E-state index contributed by atoms with van der Waals surface area (Å²) in [6.07, 6.45) is 0. The Kier molecular flexibility index (Phi) is 4.37. The minimum absolute atomic E-state index is 0.266. The fourth-order valence-electron chi connectivity index (χ4n) is 1.47. The summed E-state index contributed by atoms with van der Waals surface area (Å²) < 4.78 is 27.4.